The number of aromatic nitrogens is 1. The van der Waals surface area contributed by atoms with E-state index >= 15 is 0 Å². The van der Waals surface area contributed by atoms with Crippen molar-refractivity contribution in [1.29, 1.82) is 0 Å². The molecule has 20 heavy (non-hydrogen) atoms. The van der Waals surface area contributed by atoms with Crippen molar-refractivity contribution in [2.24, 2.45) is 0 Å². The minimum absolute atomic E-state index is 0.0866. The molecule has 1 heterocycles. The third-order valence-electron chi connectivity index (χ3n) is 3.34. The van der Waals surface area contributed by atoms with Crippen LogP contribution in [0.5, 0.6) is 0 Å². The summed E-state index contributed by atoms with van der Waals surface area (Å²) < 4.78 is 5.68. The predicted molar refractivity (Wildman–Crippen MR) is 79.9 cm³/mol. The second kappa shape index (κ2) is 6.31. The highest BCUT2D eigenvalue weighted by atomic mass is 16.5. The first-order valence-corrected chi connectivity index (χ1v) is 7.29. The number of unbranched alkanes of at least 4 members (excludes halogenated alkanes) is 1. The van der Waals surface area contributed by atoms with Crippen molar-refractivity contribution in [2.75, 3.05) is 6.61 Å². The van der Waals surface area contributed by atoms with E-state index in [9.17, 15) is 4.79 Å². The Bertz CT molecular complexity index is 512. The maximum atomic E-state index is 12.3. The van der Waals surface area contributed by atoms with Gasteiger partial charge >= 0.3 is 0 Å². The fourth-order valence-electron chi connectivity index (χ4n) is 2.31. The number of allylic oxidation sites excluding steroid dienone is 2. The van der Waals surface area contributed by atoms with Crippen LogP contribution in [-0.2, 0) is 11.2 Å². The number of fused-ring (bicyclic) bond motifs is 1. The van der Waals surface area contributed by atoms with E-state index in [1.165, 1.54) is 0 Å². The summed E-state index contributed by atoms with van der Waals surface area (Å²) >= 11 is 0. The number of carbonyl (C=O) groups is 1. The highest BCUT2D eigenvalue weighted by Gasteiger charge is 2.22. The van der Waals surface area contributed by atoms with Crippen molar-refractivity contribution in [3.05, 3.63) is 41.2 Å². The summed E-state index contributed by atoms with van der Waals surface area (Å²) in [6.07, 6.45) is 7.34. The van der Waals surface area contributed by atoms with Crippen molar-refractivity contribution in [3.8, 4) is 0 Å². The summed E-state index contributed by atoms with van der Waals surface area (Å²) in [6.45, 7) is 6.90. The third-order valence-corrected chi connectivity index (χ3v) is 3.34. The van der Waals surface area contributed by atoms with E-state index in [1.54, 1.807) is 6.20 Å². The van der Waals surface area contributed by atoms with E-state index in [1.807, 2.05) is 12.1 Å². The van der Waals surface area contributed by atoms with Crippen molar-refractivity contribution < 1.29 is 9.53 Å². The molecule has 1 aliphatic carbocycles. The molecule has 3 heteroatoms. The lowest BCUT2D eigenvalue weighted by atomic mass is 9.90. The Morgan fingerprint density at radius 2 is 2.15 bits per heavy atom. The summed E-state index contributed by atoms with van der Waals surface area (Å²) in [4.78, 5) is 16.5. The topological polar surface area (TPSA) is 39.2 Å². The van der Waals surface area contributed by atoms with Gasteiger partial charge in [0.05, 0.1) is 5.60 Å². The molecule has 0 fully saturated rings. The number of pyridine rings is 1. The molecule has 0 radical (unpaired) electrons. The molecule has 1 aromatic heterocycles. The van der Waals surface area contributed by atoms with E-state index < -0.39 is 0 Å². The zero-order valence-electron chi connectivity index (χ0n) is 12.6. The average molecular weight is 273 g/mol. The SMILES string of the molecule is CC(C)(C)OCCC/C=C1\CCc2cccnc2C1=O. The molecule has 2 rings (SSSR count). The van der Waals surface area contributed by atoms with Gasteiger partial charge in [-0.3, -0.25) is 9.78 Å². The highest BCUT2D eigenvalue weighted by Crippen LogP contribution is 2.23. The van der Waals surface area contributed by atoms with E-state index in [4.69, 9.17) is 4.74 Å². The summed E-state index contributed by atoms with van der Waals surface area (Å²) in [5, 5.41) is 0. The number of ether oxygens (including phenoxy) is 1. The third kappa shape index (κ3) is 4.01. The Kier molecular flexibility index (Phi) is 4.71. The Hall–Kier alpha value is -1.48. The molecule has 0 aliphatic heterocycles. The Balaban J connectivity index is 1.88. The van der Waals surface area contributed by atoms with Gasteiger partial charge in [0.1, 0.15) is 5.69 Å². The number of hydrogen-bond acceptors (Lipinski definition) is 3. The van der Waals surface area contributed by atoms with E-state index in [-0.39, 0.29) is 11.4 Å². The van der Waals surface area contributed by atoms with Crippen LogP contribution >= 0.6 is 0 Å². The Labute approximate surface area is 121 Å². The molecule has 0 bridgehead atoms. The van der Waals surface area contributed by atoms with Crippen molar-refractivity contribution in [1.82, 2.24) is 4.98 Å². The number of carbonyl (C=O) groups excluding carboxylic acids is 1. The van der Waals surface area contributed by atoms with Crippen LogP contribution in [0.3, 0.4) is 0 Å². The second-order valence-corrected chi connectivity index (χ2v) is 6.17. The maximum absolute atomic E-state index is 12.3. The summed E-state index contributed by atoms with van der Waals surface area (Å²) in [5.74, 6) is 0.101. The monoisotopic (exact) mass is 273 g/mol. The van der Waals surface area contributed by atoms with Crippen LogP contribution < -0.4 is 0 Å². The van der Waals surface area contributed by atoms with Crippen LogP contribution in [0.15, 0.2) is 30.0 Å². The first-order chi connectivity index (χ1) is 9.47. The zero-order valence-corrected chi connectivity index (χ0v) is 12.6. The first kappa shape index (κ1) is 14.9. The van der Waals surface area contributed by atoms with Gasteiger partial charge in [0.2, 0.25) is 5.78 Å². The van der Waals surface area contributed by atoms with Crippen molar-refractivity contribution >= 4 is 5.78 Å². The number of nitrogens with zero attached hydrogens (tertiary/aromatic N) is 1. The lowest BCUT2D eigenvalue weighted by Gasteiger charge is -2.19. The molecular weight excluding hydrogens is 250 g/mol. The maximum Gasteiger partial charge on any atom is 0.207 e. The molecule has 3 nitrogen and oxygen atoms in total. The number of aryl methyl sites for hydroxylation is 1. The molecule has 0 atom stereocenters. The Morgan fingerprint density at radius 1 is 1.35 bits per heavy atom. The van der Waals surface area contributed by atoms with Crippen molar-refractivity contribution in [3.63, 3.8) is 0 Å². The second-order valence-electron chi connectivity index (χ2n) is 6.17. The van der Waals surface area contributed by atoms with E-state index in [0.717, 1.165) is 43.4 Å². The van der Waals surface area contributed by atoms with Gasteiger partial charge in [-0.2, -0.15) is 0 Å². The fourth-order valence-corrected chi connectivity index (χ4v) is 2.31. The van der Waals surface area contributed by atoms with Crippen LogP contribution in [0.1, 0.15) is 56.1 Å². The molecule has 1 aliphatic rings. The quantitative estimate of drug-likeness (QED) is 0.620. The van der Waals surface area contributed by atoms with Crippen LogP contribution in [-0.4, -0.2) is 23.0 Å². The van der Waals surface area contributed by atoms with Crippen molar-refractivity contribution in [2.45, 2.75) is 52.1 Å². The standard InChI is InChI=1S/C17H23NO2/c1-17(2,3)20-12-5-4-7-14-10-9-13-8-6-11-18-15(13)16(14)19/h6-8,11H,4-5,9-10,12H2,1-3H3/b14-7+. The van der Waals surface area contributed by atoms with Gasteiger partial charge in [0.25, 0.3) is 0 Å². The number of hydrogen-bond donors (Lipinski definition) is 0. The predicted octanol–water partition coefficient (Wildman–Crippen LogP) is 3.73. The zero-order chi connectivity index (χ0) is 14.6. The Morgan fingerprint density at radius 3 is 2.90 bits per heavy atom. The molecule has 0 amide bonds. The smallest absolute Gasteiger partial charge is 0.207 e. The normalized spacial score (nSPS) is 17.4. The minimum Gasteiger partial charge on any atom is -0.376 e. The molecule has 1 aromatic rings. The average Bonchev–Trinajstić information content (AvgIpc) is 2.40. The summed E-state index contributed by atoms with van der Waals surface area (Å²) in [7, 11) is 0. The lowest BCUT2D eigenvalue weighted by molar-refractivity contribution is -0.00365. The highest BCUT2D eigenvalue weighted by molar-refractivity contribution is 6.09. The molecule has 0 aromatic carbocycles. The molecule has 0 saturated carbocycles. The largest absolute Gasteiger partial charge is 0.376 e. The lowest BCUT2D eigenvalue weighted by Crippen LogP contribution is -2.19. The summed E-state index contributed by atoms with van der Waals surface area (Å²) in [5.41, 5.74) is 2.53. The van der Waals surface area contributed by atoms with Gasteiger partial charge in [0, 0.05) is 12.8 Å². The van der Waals surface area contributed by atoms with Gasteiger partial charge in [-0.05, 0) is 63.7 Å². The van der Waals surface area contributed by atoms with Crippen LogP contribution in [0.4, 0.5) is 0 Å². The van der Waals surface area contributed by atoms with Crippen LogP contribution in [0.25, 0.3) is 0 Å². The minimum atomic E-state index is -0.0866. The van der Waals surface area contributed by atoms with E-state index in [2.05, 4.69) is 31.8 Å². The molecule has 0 spiro atoms. The molecule has 0 saturated heterocycles. The fraction of sp³-hybridized carbons (Fsp3) is 0.529. The summed E-state index contributed by atoms with van der Waals surface area (Å²) in [6, 6.07) is 3.89. The first-order valence-electron chi connectivity index (χ1n) is 7.29. The van der Waals surface area contributed by atoms with E-state index in [0.29, 0.717) is 5.69 Å². The van der Waals surface area contributed by atoms with Crippen LogP contribution in [0, 0.1) is 0 Å². The molecule has 0 unspecified atom stereocenters. The van der Waals surface area contributed by atoms with Crippen LogP contribution in [0.2, 0.25) is 0 Å². The van der Waals surface area contributed by atoms with Gasteiger partial charge in [-0.1, -0.05) is 12.1 Å². The molecule has 0 N–H and O–H groups in total. The van der Waals surface area contributed by atoms with Gasteiger partial charge < -0.3 is 4.74 Å². The van der Waals surface area contributed by atoms with Gasteiger partial charge in [0.15, 0.2) is 0 Å². The number of rotatable bonds is 4. The molecular formula is C17H23NO2. The number of Topliss-reactive ketones (excluding diaryl/α,β-unsaturated/α-hetero) is 1. The van der Waals surface area contributed by atoms with Gasteiger partial charge in [-0.25, -0.2) is 0 Å². The molecule has 108 valence electrons. The van der Waals surface area contributed by atoms with Gasteiger partial charge in [-0.15, -0.1) is 0 Å². The number of ketones is 1.